The molecular weight excluding hydrogens is 390 g/mol. The van der Waals surface area contributed by atoms with Crippen LogP contribution in [0.5, 0.6) is 17.2 Å². The van der Waals surface area contributed by atoms with Gasteiger partial charge < -0.3 is 29.5 Å². The molecular formula is C21H23N3O6. The lowest BCUT2D eigenvalue weighted by Crippen LogP contribution is -2.03. The average molecular weight is 413 g/mol. The molecule has 0 aliphatic heterocycles. The highest BCUT2D eigenvalue weighted by atomic mass is 16.5. The van der Waals surface area contributed by atoms with Crippen LogP contribution in [0, 0.1) is 0 Å². The number of aliphatic hydroxyl groups is 3. The van der Waals surface area contributed by atoms with Crippen LogP contribution in [-0.2, 0) is 19.8 Å². The van der Waals surface area contributed by atoms with Gasteiger partial charge in [-0.05, 0) is 41.0 Å². The Hall–Kier alpha value is -3.27. The number of aromatic nitrogens is 3. The summed E-state index contributed by atoms with van der Waals surface area (Å²) in [7, 11) is 4.57. The molecule has 3 N–H and O–H groups in total. The molecule has 9 nitrogen and oxygen atoms in total. The van der Waals surface area contributed by atoms with Crippen LogP contribution in [-0.4, -0.2) is 51.8 Å². The van der Waals surface area contributed by atoms with Gasteiger partial charge in [0.1, 0.15) is 5.69 Å². The molecule has 158 valence electrons. The van der Waals surface area contributed by atoms with Crippen molar-refractivity contribution in [2.24, 2.45) is 0 Å². The molecule has 3 aromatic rings. The number of rotatable bonds is 8. The predicted octanol–water partition coefficient (Wildman–Crippen LogP) is 1.71. The van der Waals surface area contributed by atoms with Gasteiger partial charge in [-0.25, -0.2) is 4.98 Å². The first-order chi connectivity index (χ1) is 14.6. The van der Waals surface area contributed by atoms with E-state index >= 15 is 0 Å². The molecule has 0 atom stereocenters. The van der Waals surface area contributed by atoms with E-state index in [1.54, 1.807) is 30.5 Å². The molecule has 30 heavy (non-hydrogen) atoms. The van der Waals surface area contributed by atoms with Crippen LogP contribution in [0.2, 0.25) is 0 Å². The molecule has 0 radical (unpaired) electrons. The maximum atomic E-state index is 9.60. The highest BCUT2D eigenvalue weighted by molar-refractivity contribution is 5.67. The van der Waals surface area contributed by atoms with Gasteiger partial charge in [0.15, 0.2) is 17.3 Å². The average Bonchev–Trinajstić information content (AvgIpc) is 2.81. The summed E-state index contributed by atoms with van der Waals surface area (Å²) in [5.41, 5.74) is 3.23. The quantitative estimate of drug-likeness (QED) is 0.506. The molecule has 0 saturated carbocycles. The third kappa shape index (κ3) is 4.04. The van der Waals surface area contributed by atoms with E-state index < -0.39 is 0 Å². The zero-order valence-corrected chi connectivity index (χ0v) is 16.9. The maximum absolute atomic E-state index is 9.60. The lowest BCUT2D eigenvalue weighted by Gasteiger charge is -2.14. The van der Waals surface area contributed by atoms with Gasteiger partial charge in [0.25, 0.3) is 0 Å². The Labute approximate surface area is 173 Å². The van der Waals surface area contributed by atoms with Crippen LogP contribution >= 0.6 is 0 Å². The van der Waals surface area contributed by atoms with Crippen LogP contribution in [0.1, 0.15) is 16.7 Å². The van der Waals surface area contributed by atoms with E-state index in [-0.39, 0.29) is 19.8 Å². The van der Waals surface area contributed by atoms with Crippen molar-refractivity contribution < 1.29 is 29.5 Å². The number of aliphatic hydroxyl groups excluding tert-OH is 3. The van der Waals surface area contributed by atoms with Crippen molar-refractivity contribution in [2.75, 3.05) is 21.3 Å². The van der Waals surface area contributed by atoms with Gasteiger partial charge in [-0.2, -0.15) is 0 Å². The van der Waals surface area contributed by atoms with Gasteiger partial charge >= 0.3 is 0 Å². The summed E-state index contributed by atoms with van der Waals surface area (Å²) in [6, 6.07) is 6.83. The third-order valence-electron chi connectivity index (χ3n) is 4.71. The standard InChI is InChI=1S/C21H23N3O6/c1-28-18-6-13(7-19(29-2)20(18)30-3)21-22-8-17(23-24-21)12-4-14(9-25)16(11-27)15(5-12)10-26/h4-8,25-27H,9-11H2,1-3H3. The summed E-state index contributed by atoms with van der Waals surface area (Å²) in [6.07, 6.45) is 1.54. The second-order valence-electron chi connectivity index (χ2n) is 6.33. The van der Waals surface area contributed by atoms with Crippen molar-refractivity contribution in [3.05, 3.63) is 47.2 Å². The second kappa shape index (κ2) is 9.49. The van der Waals surface area contributed by atoms with Crippen molar-refractivity contribution >= 4 is 0 Å². The highest BCUT2D eigenvalue weighted by Crippen LogP contribution is 2.40. The van der Waals surface area contributed by atoms with E-state index in [9.17, 15) is 15.3 Å². The van der Waals surface area contributed by atoms with Crippen molar-refractivity contribution in [3.63, 3.8) is 0 Å². The van der Waals surface area contributed by atoms with Crippen LogP contribution in [0.3, 0.4) is 0 Å². The van der Waals surface area contributed by atoms with Gasteiger partial charge in [0, 0.05) is 11.1 Å². The van der Waals surface area contributed by atoms with Crippen LogP contribution in [0.15, 0.2) is 30.5 Å². The van der Waals surface area contributed by atoms with Crippen molar-refractivity contribution in [1.29, 1.82) is 0 Å². The molecule has 1 heterocycles. The first kappa shape index (κ1) is 21.4. The lowest BCUT2D eigenvalue weighted by atomic mass is 9.97. The summed E-state index contributed by atoms with van der Waals surface area (Å²) in [5, 5.41) is 37.1. The maximum Gasteiger partial charge on any atom is 0.203 e. The summed E-state index contributed by atoms with van der Waals surface area (Å²) in [5.74, 6) is 1.76. The van der Waals surface area contributed by atoms with Gasteiger partial charge in [-0.15, -0.1) is 10.2 Å². The van der Waals surface area contributed by atoms with Crippen molar-refractivity contribution in [3.8, 4) is 39.9 Å². The Balaban J connectivity index is 2.02. The van der Waals surface area contributed by atoms with E-state index in [0.717, 1.165) is 0 Å². The molecule has 1 aromatic heterocycles. The van der Waals surface area contributed by atoms with Gasteiger partial charge in [0.05, 0.1) is 47.3 Å². The van der Waals surface area contributed by atoms with Crippen molar-refractivity contribution in [1.82, 2.24) is 15.2 Å². The molecule has 0 fully saturated rings. The zero-order valence-electron chi connectivity index (χ0n) is 16.9. The summed E-state index contributed by atoms with van der Waals surface area (Å²) in [4.78, 5) is 4.39. The Morgan fingerprint density at radius 3 is 1.73 bits per heavy atom. The number of benzene rings is 2. The highest BCUT2D eigenvalue weighted by Gasteiger charge is 2.16. The minimum atomic E-state index is -0.282. The van der Waals surface area contributed by atoms with E-state index in [2.05, 4.69) is 15.2 Å². The number of methoxy groups -OCH3 is 3. The smallest absolute Gasteiger partial charge is 0.203 e. The molecule has 2 aromatic carbocycles. The number of hydrogen-bond donors (Lipinski definition) is 3. The molecule has 0 spiro atoms. The van der Waals surface area contributed by atoms with Crippen molar-refractivity contribution in [2.45, 2.75) is 19.8 Å². The first-order valence-corrected chi connectivity index (χ1v) is 9.07. The Kier molecular flexibility index (Phi) is 6.78. The Morgan fingerprint density at radius 1 is 0.733 bits per heavy atom. The van der Waals surface area contributed by atoms with Gasteiger partial charge in [-0.1, -0.05) is 0 Å². The predicted molar refractivity (Wildman–Crippen MR) is 108 cm³/mol. The van der Waals surface area contributed by atoms with Crippen LogP contribution in [0.25, 0.3) is 22.6 Å². The minimum Gasteiger partial charge on any atom is -0.493 e. The normalized spacial score (nSPS) is 10.7. The molecule has 0 saturated heterocycles. The van der Waals surface area contributed by atoms with Gasteiger partial charge in [0.2, 0.25) is 5.75 Å². The Morgan fingerprint density at radius 2 is 1.33 bits per heavy atom. The fourth-order valence-electron chi connectivity index (χ4n) is 3.18. The zero-order chi connectivity index (χ0) is 21.7. The molecule has 0 aliphatic rings. The summed E-state index contributed by atoms with van der Waals surface area (Å²) < 4.78 is 16.0. The molecule has 0 amide bonds. The summed E-state index contributed by atoms with van der Waals surface area (Å²) in [6.45, 7) is -0.835. The second-order valence-corrected chi connectivity index (χ2v) is 6.33. The third-order valence-corrected chi connectivity index (χ3v) is 4.71. The van der Waals surface area contributed by atoms with E-state index in [4.69, 9.17) is 14.2 Å². The van der Waals surface area contributed by atoms with Gasteiger partial charge in [-0.3, -0.25) is 0 Å². The van der Waals surface area contributed by atoms with Crippen LogP contribution < -0.4 is 14.2 Å². The number of nitrogens with zero attached hydrogens (tertiary/aromatic N) is 3. The van der Waals surface area contributed by atoms with Crippen LogP contribution in [0.4, 0.5) is 0 Å². The van der Waals surface area contributed by atoms with E-state index in [1.807, 2.05) is 0 Å². The molecule has 9 heteroatoms. The SMILES string of the molecule is COc1cc(-c2ncc(-c3cc(CO)c(CO)c(CO)c3)nn2)cc(OC)c1OC. The number of hydrogen-bond acceptors (Lipinski definition) is 9. The van der Waals surface area contributed by atoms with E-state index in [1.165, 1.54) is 21.3 Å². The molecule has 3 rings (SSSR count). The monoisotopic (exact) mass is 413 g/mol. The fourth-order valence-corrected chi connectivity index (χ4v) is 3.18. The first-order valence-electron chi connectivity index (χ1n) is 9.07. The number of ether oxygens (including phenoxy) is 3. The molecule has 0 aliphatic carbocycles. The molecule has 0 bridgehead atoms. The topological polar surface area (TPSA) is 127 Å². The lowest BCUT2D eigenvalue weighted by molar-refractivity contribution is 0.248. The fraction of sp³-hybridized carbons (Fsp3) is 0.286. The van der Waals surface area contributed by atoms with E-state index in [0.29, 0.717) is 56.6 Å². The summed E-state index contributed by atoms with van der Waals surface area (Å²) >= 11 is 0. The minimum absolute atomic E-state index is 0.277. The Bertz CT molecular complexity index is 891. The molecule has 0 unspecified atom stereocenters. The largest absolute Gasteiger partial charge is 0.493 e.